The number of carbonyl (C=O) groups is 2. The van der Waals surface area contributed by atoms with Crippen molar-refractivity contribution in [2.24, 2.45) is 5.92 Å². The molecule has 7 heteroatoms. The summed E-state index contributed by atoms with van der Waals surface area (Å²) in [5.41, 5.74) is 3.17. The highest BCUT2D eigenvalue weighted by molar-refractivity contribution is 5.97. The van der Waals surface area contributed by atoms with Gasteiger partial charge in [-0.15, -0.1) is 0 Å². The van der Waals surface area contributed by atoms with E-state index in [0.717, 1.165) is 24.8 Å². The molecule has 3 atom stereocenters. The molecule has 0 unspecified atom stereocenters. The molecule has 0 bridgehead atoms. The maximum atomic E-state index is 13.6. The zero-order chi connectivity index (χ0) is 24.9. The topological polar surface area (TPSA) is 83.0 Å². The third-order valence-corrected chi connectivity index (χ3v) is 7.00. The fourth-order valence-electron chi connectivity index (χ4n) is 4.75. The van der Waals surface area contributed by atoms with Gasteiger partial charge in [-0.25, -0.2) is 4.98 Å². The maximum Gasteiger partial charge on any atom is 0.259 e. The lowest BCUT2D eigenvalue weighted by molar-refractivity contribution is 0.0313. The predicted molar refractivity (Wildman–Crippen MR) is 135 cm³/mol. The molecular weight excluding hydrogens is 442 g/mol. The number of fused-ring (bicyclic) bond motifs is 1. The van der Waals surface area contributed by atoms with E-state index in [0.29, 0.717) is 24.2 Å². The summed E-state index contributed by atoms with van der Waals surface area (Å²) < 4.78 is 6.35. The number of hydrogen-bond acceptors (Lipinski definition) is 5. The molecule has 35 heavy (non-hydrogen) atoms. The molecule has 186 valence electrons. The van der Waals surface area contributed by atoms with Gasteiger partial charge in [0.05, 0.1) is 19.2 Å². The second kappa shape index (κ2) is 11.0. The van der Waals surface area contributed by atoms with E-state index in [9.17, 15) is 14.7 Å². The minimum absolute atomic E-state index is 0.0883. The average molecular weight is 478 g/mol. The summed E-state index contributed by atoms with van der Waals surface area (Å²) in [7, 11) is 1.76. The molecule has 7 nitrogen and oxygen atoms in total. The van der Waals surface area contributed by atoms with Gasteiger partial charge in [0.15, 0.2) is 0 Å². The van der Waals surface area contributed by atoms with Crippen LogP contribution in [0.5, 0.6) is 5.88 Å². The third kappa shape index (κ3) is 5.56. The van der Waals surface area contributed by atoms with Crippen LogP contribution in [0.25, 0.3) is 5.57 Å². The Morgan fingerprint density at radius 1 is 1.29 bits per heavy atom. The lowest BCUT2D eigenvalue weighted by atomic mass is 9.93. The van der Waals surface area contributed by atoms with Crippen LogP contribution in [0.3, 0.4) is 0 Å². The molecule has 1 aliphatic carbocycles. The Kier molecular flexibility index (Phi) is 7.86. The van der Waals surface area contributed by atoms with Crippen molar-refractivity contribution >= 4 is 17.4 Å². The Balaban J connectivity index is 1.66. The number of ether oxygens (including phenoxy) is 1. The largest absolute Gasteiger partial charge is 0.472 e. The van der Waals surface area contributed by atoms with Crippen molar-refractivity contribution in [3.8, 4) is 5.88 Å². The zero-order valence-electron chi connectivity index (χ0n) is 20.8. The van der Waals surface area contributed by atoms with E-state index in [4.69, 9.17) is 4.74 Å². The maximum absolute atomic E-state index is 13.6. The van der Waals surface area contributed by atoms with Gasteiger partial charge in [-0.1, -0.05) is 31.2 Å². The first-order valence-corrected chi connectivity index (χ1v) is 12.5. The number of hydrogen-bond donors (Lipinski definition) is 1. The van der Waals surface area contributed by atoms with Crippen LogP contribution < -0.4 is 4.74 Å². The molecule has 1 aromatic carbocycles. The molecule has 2 aromatic rings. The fourth-order valence-corrected chi connectivity index (χ4v) is 4.75. The van der Waals surface area contributed by atoms with Crippen LogP contribution in [-0.2, 0) is 0 Å². The minimum atomic E-state index is -0.375. The molecule has 2 heterocycles. The number of aliphatic hydroxyl groups excluding tert-OH is 1. The number of carbonyl (C=O) groups excluding carboxylic acids is 2. The number of rotatable bonds is 6. The second-order valence-electron chi connectivity index (χ2n) is 9.73. The highest BCUT2D eigenvalue weighted by Crippen LogP contribution is 2.32. The van der Waals surface area contributed by atoms with Gasteiger partial charge in [-0.2, -0.15) is 0 Å². The van der Waals surface area contributed by atoms with Crippen molar-refractivity contribution in [2.45, 2.75) is 51.7 Å². The van der Waals surface area contributed by atoms with Crippen molar-refractivity contribution in [2.75, 3.05) is 26.7 Å². The summed E-state index contributed by atoms with van der Waals surface area (Å²) in [5.74, 6) is -0.0868. The smallest absolute Gasteiger partial charge is 0.259 e. The third-order valence-electron chi connectivity index (χ3n) is 7.00. The molecule has 0 saturated carbocycles. The number of allylic oxidation sites excluding steroid dienone is 2. The summed E-state index contributed by atoms with van der Waals surface area (Å²) in [6, 6.07) is 10.7. The van der Waals surface area contributed by atoms with Gasteiger partial charge in [0.1, 0.15) is 11.7 Å². The molecular formula is C28H35N3O4. The molecule has 1 N–H and O–H groups in total. The number of aliphatic hydroxyl groups is 1. The van der Waals surface area contributed by atoms with Crippen molar-refractivity contribution in [1.82, 2.24) is 14.8 Å². The first kappa shape index (κ1) is 24.9. The lowest BCUT2D eigenvalue weighted by Gasteiger charge is -2.37. The minimum Gasteiger partial charge on any atom is -0.472 e. The molecule has 0 radical (unpaired) electrons. The van der Waals surface area contributed by atoms with Crippen LogP contribution in [0.1, 0.15) is 65.8 Å². The van der Waals surface area contributed by atoms with Gasteiger partial charge in [0.2, 0.25) is 5.88 Å². The second-order valence-corrected chi connectivity index (χ2v) is 9.73. The van der Waals surface area contributed by atoms with E-state index in [-0.39, 0.29) is 42.4 Å². The normalized spacial score (nSPS) is 21.2. The van der Waals surface area contributed by atoms with Gasteiger partial charge in [0.25, 0.3) is 11.8 Å². The van der Waals surface area contributed by atoms with E-state index in [1.54, 1.807) is 35.2 Å². The number of pyridine rings is 1. The SMILES string of the molecule is C[C@H]1CN([C@@H](C)CO)C(=O)c2cc(C3=CCCCC3)cnc2O[C@@H]1CN(C)C(=O)c1ccccc1. The van der Waals surface area contributed by atoms with E-state index in [1.807, 2.05) is 38.1 Å². The Bertz CT molecular complexity index is 1080. The predicted octanol–water partition coefficient (Wildman–Crippen LogP) is 4.03. The van der Waals surface area contributed by atoms with Crippen LogP contribution in [0, 0.1) is 5.92 Å². The van der Waals surface area contributed by atoms with Gasteiger partial charge < -0.3 is 19.6 Å². The average Bonchev–Trinajstić information content (AvgIpc) is 2.90. The highest BCUT2D eigenvalue weighted by Gasteiger charge is 2.35. The quantitative estimate of drug-likeness (QED) is 0.679. The van der Waals surface area contributed by atoms with Crippen molar-refractivity contribution in [3.05, 3.63) is 65.4 Å². The standard InChI is InChI=1S/C28H35N3O4/c1-19-16-31(20(2)18-32)28(34)24-14-23(21-10-6-4-7-11-21)15-29-26(24)35-25(19)17-30(3)27(33)22-12-8-5-9-13-22/h5,8-10,12-15,19-20,25,32H,4,6-7,11,16-18H2,1-3H3/t19-,20-,25+/m0/s1. The Morgan fingerprint density at radius 2 is 2.06 bits per heavy atom. The number of benzene rings is 1. The molecule has 2 amide bonds. The van der Waals surface area contributed by atoms with E-state index < -0.39 is 0 Å². The summed E-state index contributed by atoms with van der Waals surface area (Å²) in [4.78, 5) is 34.5. The first-order valence-electron chi connectivity index (χ1n) is 12.5. The van der Waals surface area contributed by atoms with Crippen LogP contribution in [0.2, 0.25) is 0 Å². The van der Waals surface area contributed by atoms with Crippen LogP contribution in [0.4, 0.5) is 0 Å². The molecule has 0 fully saturated rings. The summed E-state index contributed by atoms with van der Waals surface area (Å²) in [6.45, 7) is 4.46. The number of likely N-dealkylation sites (N-methyl/N-ethyl adjacent to an activating group) is 1. The van der Waals surface area contributed by atoms with Crippen LogP contribution in [0.15, 0.2) is 48.7 Å². The lowest BCUT2D eigenvalue weighted by Crippen LogP contribution is -2.50. The Hall–Kier alpha value is -3.19. The van der Waals surface area contributed by atoms with Crippen molar-refractivity contribution < 1.29 is 19.4 Å². The fraction of sp³-hybridized carbons (Fsp3) is 0.464. The molecule has 2 aliphatic rings. The molecule has 4 rings (SSSR count). The van der Waals surface area contributed by atoms with E-state index in [1.165, 1.54) is 12.0 Å². The van der Waals surface area contributed by atoms with Gasteiger partial charge in [-0.3, -0.25) is 9.59 Å². The number of nitrogens with zero attached hydrogens (tertiary/aromatic N) is 3. The highest BCUT2D eigenvalue weighted by atomic mass is 16.5. The Labute approximate surface area is 207 Å². The molecule has 0 spiro atoms. The molecule has 1 aromatic heterocycles. The van der Waals surface area contributed by atoms with Gasteiger partial charge in [0, 0.05) is 31.3 Å². The summed E-state index contributed by atoms with van der Waals surface area (Å²) >= 11 is 0. The number of amides is 2. The zero-order valence-corrected chi connectivity index (χ0v) is 20.8. The van der Waals surface area contributed by atoms with Crippen molar-refractivity contribution in [3.63, 3.8) is 0 Å². The van der Waals surface area contributed by atoms with E-state index >= 15 is 0 Å². The van der Waals surface area contributed by atoms with Gasteiger partial charge >= 0.3 is 0 Å². The van der Waals surface area contributed by atoms with E-state index in [2.05, 4.69) is 11.1 Å². The van der Waals surface area contributed by atoms with Crippen LogP contribution in [-0.4, -0.2) is 70.6 Å². The first-order chi connectivity index (χ1) is 16.9. The summed E-state index contributed by atoms with van der Waals surface area (Å²) in [5, 5.41) is 9.87. The monoisotopic (exact) mass is 477 g/mol. The Morgan fingerprint density at radius 3 is 2.74 bits per heavy atom. The summed E-state index contributed by atoms with van der Waals surface area (Å²) in [6.07, 6.45) is 7.95. The molecule has 0 saturated heterocycles. The molecule has 1 aliphatic heterocycles. The van der Waals surface area contributed by atoms with Gasteiger partial charge in [-0.05, 0) is 61.9 Å². The van der Waals surface area contributed by atoms with Crippen molar-refractivity contribution in [1.29, 1.82) is 0 Å². The number of aromatic nitrogens is 1. The van der Waals surface area contributed by atoms with Crippen LogP contribution >= 0.6 is 0 Å².